The lowest BCUT2D eigenvalue weighted by Crippen LogP contribution is -2.29. The normalized spacial score (nSPS) is 19.3. The van der Waals surface area contributed by atoms with E-state index in [4.69, 9.17) is 0 Å². The first kappa shape index (κ1) is 12.1. The molecule has 0 bridgehead atoms. The molecule has 1 saturated carbocycles. The quantitative estimate of drug-likeness (QED) is 0.828. The second-order valence-corrected chi connectivity index (χ2v) is 5.75. The van der Waals surface area contributed by atoms with Crippen molar-refractivity contribution < 1.29 is 0 Å². The van der Waals surface area contributed by atoms with Gasteiger partial charge in [-0.3, -0.25) is 0 Å². The van der Waals surface area contributed by atoms with E-state index in [-0.39, 0.29) is 0 Å². The largest absolute Gasteiger partial charge is 0.310 e. The number of aryl methyl sites for hydroxylation is 1. The predicted octanol–water partition coefficient (Wildman–Crippen LogP) is 4.26. The maximum atomic E-state index is 3.74. The molecule has 0 unspecified atom stereocenters. The van der Waals surface area contributed by atoms with Gasteiger partial charge in [0.2, 0.25) is 0 Å². The molecule has 0 saturated heterocycles. The van der Waals surface area contributed by atoms with Crippen molar-refractivity contribution in [1.29, 1.82) is 0 Å². The molecule has 0 aromatic carbocycles. The van der Waals surface area contributed by atoms with Crippen molar-refractivity contribution in [3.63, 3.8) is 0 Å². The molecule has 0 radical (unpaired) electrons. The average molecular weight is 237 g/mol. The third kappa shape index (κ3) is 3.60. The number of nitrogens with one attached hydrogen (secondary N) is 1. The molecule has 1 fully saturated rings. The molecule has 1 aromatic heterocycles. The summed E-state index contributed by atoms with van der Waals surface area (Å²) in [6.07, 6.45) is 9.93. The number of hydrogen-bond donors (Lipinski definition) is 1. The van der Waals surface area contributed by atoms with Gasteiger partial charge < -0.3 is 5.32 Å². The lowest BCUT2D eigenvalue weighted by atomic mass is 9.96. The van der Waals surface area contributed by atoms with Gasteiger partial charge in [-0.25, -0.2) is 0 Å². The molecular weight excluding hydrogens is 214 g/mol. The average Bonchev–Trinajstić information content (AvgIpc) is 2.63. The molecule has 0 atom stereocenters. The van der Waals surface area contributed by atoms with E-state index in [0.717, 1.165) is 12.6 Å². The molecule has 16 heavy (non-hydrogen) atoms. The topological polar surface area (TPSA) is 12.0 Å². The van der Waals surface area contributed by atoms with Gasteiger partial charge in [0.15, 0.2) is 0 Å². The van der Waals surface area contributed by atoms with Crippen LogP contribution in [0.2, 0.25) is 0 Å². The van der Waals surface area contributed by atoms with Crippen molar-refractivity contribution in [1.82, 2.24) is 5.32 Å². The second kappa shape index (κ2) is 6.41. The Kier molecular flexibility index (Phi) is 4.86. The first-order chi connectivity index (χ1) is 7.86. The highest BCUT2D eigenvalue weighted by molar-refractivity contribution is 7.08. The molecule has 0 spiro atoms. The Morgan fingerprint density at radius 3 is 2.44 bits per heavy atom. The van der Waals surface area contributed by atoms with Gasteiger partial charge in [-0.05, 0) is 41.7 Å². The van der Waals surface area contributed by atoms with Crippen LogP contribution < -0.4 is 5.32 Å². The maximum absolute atomic E-state index is 3.74. The molecule has 1 nitrogen and oxygen atoms in total. The van der Waals surface area contributed by atoms with Crippen LogP contribution in [0.5, 0.6) is 0 Å². The highest BCUT2D eigenvalue weighted by atomic mass is 32.1. The zero-order chi connectivity index (χ0) is 11.2. The summed E-state index contributed by atoms with van der Waals surface area (Å²) in [4.78, 5) is 0. The van der Waals surface area contributed by atoms with Gasteiger partial charge >= 0.3 is 0 Å². The number of thiophene rings is 1. The molecule has 1 aliphatic rings. The van der Waals surface area contributed by atoms with Crippen molar-refractivity contribution in [3.8, 4) is 0 Å². The summed E-state index contributed by atoms with van der Waals surface area (Å²) in [5, 5.41) is 8.27. The zero-order valence-corrected chi connectivity index (χ0v) is 11.1. The molecule has 1 N–H and O–H groups in total. The second-order valence-electron chi connectivity index (χ2n) is 5.00. The van der Waals surface area contributed by atoms with Crippen LogP contribution in [0, 0.1) is 6.92 Å². The van der Waals surface area contributed by atoms with Crippen LogP contribution in [-0.4, -0.2) is 6.04 Å². The van der Waals surface area contributed by atoms with E-state index in [2.05, 4.69) is 23.0 Å². The van der Waals surface area contributed by atoms with Gasteiger partial charge in [0.25, 0.3) is 0 Å². The Morgan fingerprint density at radius 2 is 1.81 bits per heavy atom. The fourth-order valence-corrected chi connectivity index (χ4v) is 3.34. The number of hydrogen-bond acceptors (Lipinski definition) is 2. The van der Waals surface area contributed by atoms with Crippen LogP contribution in [0.15, 0.2) is 10.8 Å². The summed E-state index contributed by atoms with van der Waals surface area (Å²) in [7, 11) is 0. The molecule has 90 valence electrons. The Hall–Kier alpha value is -0.340. The maximum Gasteiger partial charge on any atom is 0.0218 e. The molecule has 1 aliphatic carbocycles. The van der Waals surface area contributed by atoms with Crippen LogP contribution in [0.3, 0.4) is 0 Å². The monoisotopic (exact) mass is 237 g/mol. The van der Waals surface area contributed by atoms with Gasteiger partial charge in [0, 0.05) is 12.6 Å². The van der Waals surface area contributed by atoms with Gasteiger partial charge in [0.05, 0.1) is 0 Å². The number of rotatable bonds is 3. The predicted molar refractivity (Wildman–Crippen MR) is 72.0 cm³/mol. The van der Waals surface area contributed by atoms with Crippen LogP contribution >= 0.6 is 11.3 Å². The van der Waals surface area contributed by atoms with E-state index in [9.17, 15) is 0 Å². The lowest BCUT2D eigenvalue weighted by molar-refractivity contribution is 0.389. The van der Waals surface area contributed by atoms with Crippen LogP contribution in [0.4, 0.5) is 0 Å². The Bertz CT molecular complexity index is 297. The molecule has 0 aliphatic heterocycles. The molecule has 0 amide bonds. The standard InChI is InChI=1S/C14H23NS/c1-12-10-16-11-13(12)9-15-14-7-5-3-2-4-6-8-14/h10-11,14-15H,2-9H2,1H3. The van der Waals surface area contributed by atoms with Crippen molar-refractivity contribution in [2.24, 2.45) is 0 Å². The van der Waals surface area contributed by atoms with Gasteiger partial charge in [-0.1, -0.05) is 32.1 Å². The van der Waals surface area contributed by atoms with Gasteiger partial charge in [-0.15, -0.1) is 0 Å². The zero-order valence-electron chi connectivity index (χ0n) is 10.3. The van der Waals surface area contributed by atoms with Gasteiger partial charge in [0.1, 0.15) is 0 Å². The first-order valence-corrected chi connectivity index (χ1v) is 7.55. The smallest absolute Gasteiger partial charge is 0.0218 e. The summed E-state index contributed by atoms with van der Waals surface area (Å²) in [5.41, 5.74) is 2.94. The molecule has 1 aromatic rings. The minimum Gasteiger partial charge on any atom is -0.310 e. The molecule has 2 heteroatoms. The Morgan fingerprint density at radius 1 is 1.12 bits per heavy atom. The highest BCUT2D eigenvalue weighted by Crippen LogP contribution is 2.18. The highest BCUT2D eigenvalue weighted by Gasteiger charge is 2.11. The minimum absolute atomic E-state index is 0.764. The van der Waals surface area contributed by atoms with E-state index in [1.807, 2.05) is 11.3 Å². The minimum atomic E-state index is 0.764. The third-order valence-electron chi connectivity index (χ3n) is 3.65. The van der Waals surface area contributed by atoms with Crippen molar-refractivity contribution in [2.45, 2.75) is 64.5 Å². The fraction of sp³-hybridized carbons (Fsp3) is 0.714. The summed E-state index contributed by atoms with van der Waals surface area (Å²) in [5.74, 6) is 0. The summed E-state index contributed by atoms with van der Waals surface area (Å²) >= 11 is 1.82. The molecule has 2 rings (SSSR count). The molecule has 1 heterocycles. The third-order valence-corrected chi connectivity index (χ3v) is 4.56. The Balaban J connectivity index is 1.77. The van der Waals surface area contributed by atoms with E-state index in [0.29, 0.717) is 0 Å². The fourth-order valence-electron chi connectivity index (χ4n) is 2.48. The SMILES string of the molecule is Cc1cscc1CNC1CCCCCCC1. The van der Waals surface area contributed by atoms with Crippen molar-refractivity contribution >= 4 is 11.3 Å². The first-order valence-electron chi connectivity index (χ1n) is 6.61. The van der Waals surface area contributed by atoms with E-state index >= 15 is 0 Å². The van der Waals surface area contributed by atoms with E-state index in [1.165, 1.54) is 56.1 Å². The lowest BCUT2D eigenvalue weighted by Gasteiger charge is -2.21. The van der Waals surface area contributed by atoms with Crippen LogP contribution in [-0.2, 0) is 6.54 Å². The van der Waals surface area contributed by atoms with Crippen LogP contribution in [0.1, 0.15) is 56.1 Å². The molecular formula is C14H23NS. The van der Waals surface area contributed by atoms with Crippen molar-refractivity contribution in [3.05, 3.63) is 21.9 Å². The van der Waals surface area contributed by atoms with Gasteiger partial charge in [-0.2, -0.15) is 11.3 Å². The van der Waals surface area contributed by atoms with E-state index < -0.39 is 0 Å². The summed E-state index contributed by atoms with van der Waals surface area (Å²) in [6, 6.07) is 0.764. The Labute approximate surface area is 103 Å². The summed E-state index contributed by atoms with van der Waals surface area (Å²) in [6.45, 7) is 3.28. The van der Waals surface area contributed by atoms with Crippen molar-refractivity contribution in [2.75, 3.05) is 0 Å². The summed E-state index contributed by atoms with van der Waals surface area (Å²) < 4.78 is 0. The van der Waals surface area contributed by atoms with E-state index in [1.54, 1.807) is 0 Å². The van der Waals surface area contributed by atoms with Crippen LogP contribution in [0.25, 0.3) is 0 Å².